The molecule has 0 spiro atoms. The Morgan fingerprint density at radius 2 is 0.682 bits per heavy atom. The van der Waals surface area contributed by atoms with E-state index in [1.807, 2.05) is 123 Å². The molecule has 4 heterocycles. The summed E-state index contributed by atoms with van der Waals surface area (Å²) in [5.74, 6) is 0. The normalized spacial score (nSPS) is 15.1. The van der Waals surface area contributed by atoms with Crippen LogP contribution in [0.15, 0.2) is 279 Å². The third-order valence-electron chi connectivity index (χ3n) is 20.9. The van der Waals surface area contributed by atoms with Gasteiger partial charge in [0.05, 0.1) is 44.4 Å². The summed E-state index contributed by atoms with van der Waals surface area (Å²) in [7, 11) is 0. The molecular formula is C102H99BN4. The van der Waals surface area contributed by atoms with Gasteiger partial charge < -0.3 is 18.9 Å². The van der Waals surface area contributed by atoms with Gasteiger partial charge >= 0.3 is 0 Å². The molecule has 0 unspecified atom stereocenters. The summed E-state index contributed by atoms with van der Waals surface area (Å²) in [5.41, 5.74) is 18.3. The van der Waals surface area contributed by atoms with Gasteiger partial charge in [0.2, 0.25) is 0 Å². The van der Waals surface area contributed by atoms with Gasteiger partial charge in [-0.05, 0) is 227 Å². The Bertz CT molecular complexity index is 6280. The van der Waals surface area contributed by atoms with Crippen LogP contribution >= 0.6 is 0 Å². The van der Waals surface area contributed by atoms with Crippen LogP contribution in [0.1, 0.15) is 148 Å². The number of hydrogen-bond donors (Lipinski definition) is 0. The minimum Gasteiger partial charge on any atom is -0.311 e. The topological polar surface area (TPSA) is 16.3 Å². The zero-order chi connectivity index (χ0) is 84.8. The molecule has 0 fully saturated rings. The highest BCUT2D eigenvalue weighted by atomic mass is 15.2. The largest absolute Gasteiger partial charge is 0.311 e. The van der Waals surface area contributed by atoms with Gasteiger partial charge in [-0.2, -0.15) is 0 Å². The molecule has 0 bridgehead atoms. The lowest BCUT2D eigenvalue weighted by atomic mass is 9.33. The Morgan fingerprint density at radius 1 is 0.318 bits per heavy atom. The van der Waals surface area contributed by atoms with E-state index in [0.29, 0.717) is 90.1 Å². The second-order valence-corrected chi connectivity index (χ2v) is 35.1. The van der Waals surface area contributed by atoms with Crippen molar-refractivity contribution in [2.24, 2.45) is 21.7 Å². The third kappa shape index (κ3) is 12.9. The van der Waals surface area contributed by atoms with Crippen molar-refractivity contribution < 1.29 is 16.4 Å². The summed E-state index contributed by atoms with van der Waals surface area (Å²) < 4.78 is 123. The maximum atomic E-state index is 10.4. The fourth-order valence-corrected chi connectivity index (χ4v) is 16.7. The average molecular weight is 1400 g/mol. The lowest BCUT2D eigenvalue weighted by Crippen LogP contribution is -2.61. The van der Waals surface area contributed by atoms with Gasteiger partial charge in [-0.1, -0.05) is 286 Å². The molecule has 5 heteroatoms. The number of aromatic nitrogens is 2. The average Bonchev–Trinajstić information content (AvgIpc) is 1.62. The first kappa shape index (κ1) is 56.5. The first-order valence-electron chi connectivity index (χ1n) is 43.8. The number of rotatable bonds is 12. The minimum atomic E-state index is -1.92. The maximum Gasteiger partial charge on any atom is 0.252 e. The van der Waals surface area contributed by atoms with Crippen molar-refractivity contribution in [2.75, 3.05) is 9.80 Å². The SMILES string of the molecule is [2H]c1c([2H])c([2H])c2c(c1[2H])c1cc(CC(C)(C)C)ccc1n2-c1ccc2c(c1)N(c1cc(-c3ccccc3)c(C([2H])([2H])C(C)(C)C)cc1-c1ccccc1)c1cc(C(C)(C)C)cc3c1B2c1ccc(-n2c4ccc(CC(C)(C)C)cc4c4c([2H])c([2H])c([2H])c([2H])c42)cc1N3c1cc(-c2ccccc2)c(C([2H])([2H])C(C)(C)C)cc1-c1ccccc1. The Balaban J connectivity index is 1.08. The van der Waals surface area contributed by atoms with Gasteiger partial charge in [-0.15, -0.1) is 0 Å². The minimum absolute atomic E-state index is 0.110. The highest BCUT2D eigenvalue weighted by Crippen LogP contribution is 2.54. The molecule has 0 N–H and O–H groups in total. The van der Waals surface area contributed by atoms with Gasteiger partial charge in [-0.25, -0.2) is 0 Å². The molecule has 13 aromatic carbocycles. The zero-order valence-electron chi connectivity index (χ0n) is 76.2. The predicted molar refractivity (Wildman–Crippen MR) is 462 cm³/mol. The van der Waals surface area contributed by atoms with E-state index in [4.69, 9.17) is 0 Å². The molecule has 2 aliphatic rings. The zero-order valence-corrected chi connectivity index (χ0v) is 64.2. The highest BCUT2D eigenvalue weighted by molar-refractivity contribution is 7.00. The van der Waals surface area contributed by atoms with Gasteiger partial charge in [-0.3, -0.25) is 0 Å². The molecule has 4 nitrogen and oxygen atoms in total. The van der Waals surface area contributed by atoms with Crippen LogP contribution in [0.25, 0.3) is 99.5 Å². The molecule has 530 valence electrons. The monoisotopic (exact) mass is 1400 g/mol. The molecule has 0 saturated heterocycles. The second-order valence-electron chi connectivity index (χ2n) is 35.1. The van der Waals surface area contributed by atoms with Crippen LogP contribution in [0.5, 0.6) is 0 Å². The van der Waals surface area contributed by atoms with E-state index in [0.717, 1.165) is 101 Å². The molecule has 2 aliphatic heterocycles. The lowest BCUT2D eigenvalue weighted by molar-refractivity contribution is 0.411. The standard InChI is InChI=1S/C102H99BN4/c1-98(2,3)62-66-44-50-89-83(52-66)77-40-28-30-42-87(77)104(89)75-46-48-85-93(58-75)106(91-60-79(68-32-20-16-21-33-68)72(64-100(7,8)9)54-81(91)70-36-24-18-25-37-70)95-56-74(102(13,14)15)57-96-97(95)103(85)86-49-47-76(105-88-43-31-29-41-78(88)84-53-67(45-51-90(84)105)63-99(4,5)6)59-94(86)107(96)92-61-80(69-34-22-17-23-35-69)73(65-101(10,11)12)55-82(92)71-38-26-19-27-39-71/h16-61H,62-65H2,1-15H3/i28D,29D,30D,31D,40D,41D,42D,43D,64D2,65D2. The molecule has 15 aromatic rings. The van der Waals surface area contributed by atoms with Crippen LogP contribution in [-0.2, 0) is 31.0 Å². The smallest absolute Gasteiger partial charge is 0.252 e. The molecule has 0 amide bonds. The molecule has 0 radical (unpaired) electrons. The van der Waals surface area contributed by atoms with Crippen LogP contribution in [0.2, 0.25) is 0 Å². The van der Waals surface area contributed by atoms with E-state index >= 15 is 0 Å². The van der Waals surface area contributed by atoms with Crippen molar-refractivity contribution in [1.82, 2.24) is 9.13 Å². The lowest BCUT2D eigenvalue weighted by Gasteiger charge is -2.46. The van der Waals surface area contributed by atoms with E-state index in [9.17, 15) is 16.4 Å². The fraction of sp³-hybridized carbons (Fsp3) is 0.235. The van der Waals surface area contributed by atoms with Crippen molar-refractivity contribution >= 4 is 101 Å². The van der Waals surface area contributed by atoms with Gasteiger partial charge in [0.1, 0.15) is 0 Å². The second kappa shape index (κ2) is 26.0. The van der Waals surface area contributed by atoms with Crippen LogP contribution in [0.3, 0.4) is 0 Å². The van der Waals surface area contributed by atoms with E-state index in [-0.39, 0.29) is 59.2 Å². The molecule has 107 heavy (non-hydrogen) atoms. The summed E-state index contributed by atoms with van der Waals surface area (Å²) in [4.78, 5) is 4.76. The molecule has 17 rings (SSSR count). The first-order chi connectivity index (χ1) is 56.0. The van der Waals surface area contributed by atoms with E-state index in [1.54, 1.807) is 0 Å². The summed E-state index contributed by atoms with van der Waals surface area (Å²) in [5, 5.41) is 2.23. The maximum absolute atomic E-state index is 10.4. The summed E-state index contributed by atoms with van der Waals surface area (Å²) in [6.07, 6.45) is -2.40. The number of benzene rings is 13. The van der Waals surface area contributed by atoms with Gasteiger partial charge in [0.15, 0.2) is 0 Å². The van der Waals surface area contributed by atoms with Crippen molar-refractivity contribution in [2.45, 2.75) is 135 Å². The molecular weight excluding hydrogens is 1290 g/mol. The predicted octanol–water partition coefficient (Wildman–Crippen LogP) is 26.3. The van der Waals surface area contributed by atoms with E-state index in [2.05, 4.69) is 230 Å². The molecule has 0 atom stereocenters. The van der Waals surface area contributed by atoms with Crippen LogP contribution < -0.4 is 26.2 Å². The van der Waals surface area contributed by atoms with Crippen LogP contribution in [0, 0.1) is 21.7 Å². The first-order valence-corrected chi connectivity index (χ1v) is 37.8. The number of anilines is 6. The Hall–Kier alpha value is -10.9. The molecule has 2 aromatic heterocycles. The van der Waals surface area contributed by atoms with Crippen molar-refractivity contribution in [3.05, 3.63) is 307 Å². The summed E-state index contributed by atoms with van der Waals surface area (Å²) >= 11 is 0. The van der Waals surface area contributed by atoms with Gasteiger partial charge in [0.25, 0.3) is 6.71 Å². The Morgan fingerprint density at radius 3 is 1.04 bits per heavy atom. The quantitative estimate of drug-likeness (QED) is 0.113. The Kier molecular flexibility index (Phi) is 13.7. The number of para-hydroxylation sites is 2. The van der Waals surface area contributed by atoms with Crippen molar-refractivity contribution in [3.8, 4) is 55.9 Å². The highest BCUT2D eigenvalue weighted by Gasteiger charge is 2.46. The fourth-order valence-electron chi connectivity index (χ4n) is 16.7. The summed E-state index contributed by atoms with van der Waals surface area (Å²) in [6.45, 7) is 30.9. The molecule has 0 aliphatic carbocycles. The van der Waals surface area contributed by atoms with E-state index < -0.39 is 35.7 Å². The number of fused-ring (bicyclic) bond motifs is 10. The van der Waals surface area contributed by atoms with Crippen LogP contribution in [0.4, 0.5) is 34.1 Å². The third-order valence-corrected chi connectivity index (χ3v) is 20.9. The van der Waals surface area contributed by atoms with Crippen molar-refractivity contribution in [1.29, 1.82) is 0 Å². The number of hydrogen-bond acceptors (Lipinski definition) is 2. The van der Waals surface area contributed by atoms with Crippen molar-refractivity contribution in [3.63, 3.8) is 0 Å². The van der Waals surface area contributed by atoms with Gasteiger partial charge in [0, 0.05) is 72.3 Å². The molecule has 0 saturated carbocycles. The van der Waals surface area contributed by atoms with E-state index in [1.165, 1.54) is 0 Å². The number of nitrogens with zero attached hydrogens (tertiary/aromatic N) is 4. The Labute approximate surface area is 652 Å². The van der Waals surface area contributed by atoms with Crippen LogP contribution in [-0.4, -0.2) is 15.8 Å². The summed E-state index contributed by atoms with van der Waals surface area (Å²) in [6, 6.07) is 77.3.